The van der Waals surface area contributed by atoms with Gasteiger partial charge in [-0.05, 0) is 42.5 Å². The topological polar surface area (TPSA) is 107 Å². The van der Waals surface area contributed by atoms with Crippen LogP contribution in [-0.4, -0.2) is 11.9 Å². The van der Waals surface area contributed by atoms with Gasteiger partial charge in [-0.2, -0.15) is 0 Å². The fourth-order valence-corrected chi connectivity index (χ4v) is 2.29. The number of anilines is 2. The number of carbonyl (C=O) groups excluding carboxylic acids is 2. The van der Waals surface area contributed by atoms with Crippen molar-refractivity contribution in [1.29, 1.82) is 0 Å². The third-order valence-corrected chi connectivity index (χ3v) is 3.50. The van der Waals surface area contributed by atoms with Crippen molar-refractivity contribution >= 4 is 23.3 Å². The van der Waals surface area contributed by atoms with Gasteiger partial charge in [0.2, 0.25) is 0 Å². The van der Waals surface area contributed by atoms with Gasteiger partial charge in [-0.1, -0.05) is 18.2 Å². The Hall–Kier alpha value is -3.74. The highest BCUT2D eigenvalue weighted by Gasteiger charge is 2.16. The van der Waals surface area contributed by atoms with E-state index >= 15 is 0 Å². The number of nitrogens with one attached hydrogen (secondary N) is 2. The van der Waals surface area contributed by atoms with Crippen LogP contribution in [0.3, 0.4) is 0 Å². The van der Waals surface area contributed by atoms with E-state index in [0.717, 1.165) is 0 Å². The van der Waals surface area contributed by atoms with Crippen LogP contribution in [0, 0.1) is 0 Å². The molecule has 26 heavy (non-hydrogen) atoms. The van der Waals surface area contributed by atoms with E-state index in [9.17, 15) is 9.59 Å². The van der Waals surface area contributed by atoms with Crippen LogP contribution in [0.15, 0.2) is 71.3 Å². The summed E-state index contributed by atoms with van der Waals surface area (Å²) in [6.45, 7) is 0.213. The largest absolute Gasteiger partial charge is 0.489 e. The molecule has 7 heteroatoms. The lowest BCUT2D eigenvalue weighted by atomic mass is 10.2. The molecule has 132 valence electrons. The number of para-hydroxylation sites is 1. The Balaban J connectivity index is 1.63. The van der Waals surface area contributed by atoms with E-state index in [2.05, 4.69) is 10.6 Å². The van der Waals surface area contributed by atoms with Crippen molar-refractivity contribution in [2.45, 2.75) is 6.61 Å². The molecule has 3 amide bonds. The first-order valence-electron chi connectivity index (χ1n) is 7.84. The van der Waals surface area contributed by atoms with Gasteiger partial charge >= 0.3 is 6.03 Å². The zero-order chi connectivity index (χ0) is 18.4. The summed E-state index contributed by atoms with van der Waals surface area (Å²) < 4.78 is 10.9. The molecule has 1 aromatic heterocycles. The molecule has 2 aromatic carbocycles. The summed E-state index contributed by atoms with van der Waals surface area (Å²) >= 11 is 0. The Bertz CT molecular complexity index is 889. The lowest BCUT2D eigenvalue weighted by Crippen LogP contribution is -2.19. The van der Waals surface area contributed by atoms with Crippen molar-refractivity contribution in [3.05, 3.63) is 78.3 Å². The molecule has 4 N–H and O–H groups in total. The molecule has 0 atom stereocenters. The van der Waals surface area contributed by atoms with E-state index in [1.54, 1.807) is 30.3 Å². The quantitative estimate of drug-likeness (QED) is 0.631. The molecular weight excluding hydrogens is 334 g/mol. The predicted molar refractivity (Wildman–Crippen MR) is 97.1 cm³/mol. The highest BCUT2D eigenvalue weighted by Crippen LogP contribution is 2.18. The average Bonchev–Trinajstić information content (AvgIpc) is 3.11. The van der Waals surface area contributed by atoms with E-state index < -0.39 is 11.9 Å². The average molecular weight is 351 g/mol. The monoisotopic (exact) mass is 351 g/mol. The van der Waals surface area contributed by atoms with Crippen molar-refractivity contribution in [1.82, 2.24) is 0 Å². The minimum Gasteiger partial charge on any atom is -0.489 e. The standard InChI is InChI=1S/C19H17N3O4/c20-19(24)22-15-8-6-14(7-9-15)21-18(23)17-13(10-11-25-17)12-26-16-4-2-1-3-5-16/h1-11H,12H2,(H,21,23)(H3,20,22,24). The summed E-state index contributed by atoms with van der Waals surface area (Å²) in [6, 6.07) is 16.9. The Kier molecular flexibility index (Phi) is 5.19. The summed E-state index contributed by atoms with van der Waals surface area (Å²) in [5, 5.41) is 5.18. The smallest absolute Gasteiger partial charge is 0.316 e. The van der Waals surface area contributed by atoms with E-state index in [-0.39, 0.29) is 12.4 Å². The van der Waals surface area contributed by atoms with Crippen molar-refractivity contribution in [3.8, 4) is 5.75 Å². The summed E-state index contributed by atoms with van der Waals surface area (Å²) in [4.78, 5) is 23.2. The second-order valence-corrected chi connectivity index (χ2v) is 5.40. The lowest BCUT2D eigenvalue weighted by molar-refractivity contribution is 0.0993. The van der Waals surface area contributed by atoms with Gasteiger partial charge in [-0.25, -0.2) is 4.79 Å². The fraction of sp³-hybridized carbons (Fsp3) is 0.0526. The van der Waals surface area contributed by atoms with Crippen molar-refractivity contribution in [2.75, 3.05) is 10.6 Å². The molecule has 0 fully saturated rings. The van der Waals surface area contributed by atoms with Crippen molar-refractivity contribution in [2.24, 2.45) is 5.73 Å². The van der Waals surface area contributed by atoms with E-state index in [4.69, 9.17) is 14.9 Å². The van der Waals surface area contributed by atoms with Gasteiger partial charge in [0.1, 0.15) is 12.4 Å². The maximum absolute atomic E-state index is 12.4. The molecule has 0 unspecified atom stereocenters. The molecule has 0 radical (unpaired) electrons. The fourth-order valence-electron chi connectivity index (χ4n) is 2.29. The third-order valence-electron chi connectivity index (χ3n) is 3.50. The maximum Gasteiger partial charge on any atom is 0.316 e. The summed E-state index contributed by atoms with van der Waals surface area (Å²) in [6.07, 6.45) is 1.44. The molecule has 0 saturated heterocycles. The predicted octanol–water partition coefficient (Wildman–Crippen LogP) is 3.60. The Labute approximate surface area is 149 Å². The van der Waals surface area contributed by atoms with Crippen LogP contribution in [-0.2, 0) is 6.61 Å². The van der Waals surface area contributed by atoms with E-state index in [1.165, 1.54) is 6.26 Å². The molecule has 0 bridgehead atoms. The molecule has 3 aromatic rings. The van der Waals surface area contributed by atoms with Crippen LogP contribution in [0.2, 0.25) is 0 Å². The second-order valence-electron chi connectivity index (χ2n) is 5.40. The minimum absolute atomic E-state index is 0.181. The first kappa shape index (κ1) is 17.1. The molecule has 0 aliphatic rings. The van der Waals surface area contributed by atoms with Crippen LogP contribution in [0.5, 0.6) is 5.75 Å². The van der Waals surface area contributed by atoms with Gasteiger partial charge in [0.25, 0.3) is 5.91 Å². The molecule has 7 nitrogen and oxygen atoms in total. The number of primary amides is 1. The van der Waals surface area contributed by atoms with Gasteiger partial charge in [0.05, 0.1) is 6.26 Å². The number of benzene rings is 2. The number of nitrogens with two attached hydrogens (primary N) is 1. The number of carbonyl (C=O) groups is 2. The highest BCUT2D eigenvalue weighted by atomic mass is 16.5. The number of urea groups is 1. The molecule has 0 saturated carbocycles. The third kappa shape index (κ3) is 4.41. The number of hydrogen-bond acceptors (Lipinski definition) is 4. The molecule has 0 aliphatic carbocycles. The highest BCUT2D eigenvalue weighted by molar-refractivity contribution is 6.03. The number of rotatable bonds is 6. The van der Waals surface area contributed by atoms with E-state index in [0.29, 0.717) is 22.7 Å². The zero-order valence-electron chi connectivity index (χ0n) is 13.8. The van der Waals surface area contributed by atoms with Gasteiger partial charge in [-0.15, -0.1) is 0 Å². The van der Waals surface area contributed by atoms with Crippen molar-refractivity contribution in [3.63, 3.8) is 0 Å². The lowest BCUT2D eigenvalue weighted by Gasteiger charge is -2.08. The van der Waals surface area contributed by atoms with Crippen molar-refractivity contribution < 1.29 is 18.7 Å². The van der Waals surface area contributed by atoms with Crippen LogP contribution in [0.1, 0.15) is 16.1 Å². The van der Waals surface area contributed by atoms with Gasteiger partial charge in [0.15, 0.2) is 5.76 Å². The second kappa shape index (κ2) is 7.89. The van der Waals surface area contributed by atoms with Gasteiger partial charge in [0, 0.05) is 16.9 Å². The Morgan fingerprint density at radius 2 is 1.58 bits per heavy atom. The molecule has 1 heterocycles. The summed E-state index contributed by atoms with van der Waals surface area (Å²) in [5.74, 6) is 0.495. The van der Waals surface area contributed by atoms with Crippen LogP contribution < -0.4 is 21.1 Å². The molecular formula is C19H17N3O4. The molecule has 3 rings (SSSR count). The number of furan rings is 1. The molecule has 0 spiro atoms. The molecule has 0 aliphatic heterocycles. The summed E-state index contributed by atoms with van der Waals surface area (Å²) in [7, 11) is 0. The van der Waals surface area contributed by atoms with Crippen LogP contribution in [0.25, 0.3) is 0 Å². The number of amides is 3. The van der Waals surface area contributed by atoms with Gasteiger partial charge in [-0.3, -0.25) is 4.79 Å². The van der Waals surface area contributed by atoms with E-state index in [1.807, 2.05) is 30.3 Å². The SMILES string of the molecule is NC(=O)Nc1ccc(NC(=O)c2occc2COc2ccccc2)cc1. The van der Waals surface area contributed by atoms with Gasteiger partial charge < -0.3 is 25.5 Å². The first-order chi connectivity index (χ1) is 12.6. The zero-order valence-corrected chi connectivity index (χ0v) is 13.8. The minimum atomic E-state index is -0.652. The Morgan fingerprint density at radius 1 is 0.923 bits per heavy atom. The summed E-state index contributed by atoms with van der Waals surface area (Å²) in [5.41, 5.74) is 6.77. The number of ether oxygens (including phenoxy) is 1. The normalized spacial score (nSPS) is 10.2. The number of hydrogen-bond donors (Lipinski definition) is 3. The van der Waals surface area contributed by atoms with Crippen LogP contribution >= 0.6 is 0 Å². The maximum atomic E-state index is 12.4. The first-order valence-corrected chi connectivity index (χ1v) is 7.84. The Morgan fingerprint density at radius 3 is 2.23 bits per heavy atom. The van der Waals surface area contributed by atoms with Crippen LogP contribution in [0.4, 0.5) is 16.2 Å².